The van der Waals surface area contributed by atoms with Gasteiger partial charge in [0.2, 0.25) is 0 Å². The average molecular weight is 244 g/mol. The van der Waals surface area contributed by atoms with E-state index >= 15 is 0 Å². The minimum atomic E-state index is 0.563. The Hall–Kier alpha value is -1.84. The molecule has 4 nitrogen and oxygen atoms in total. The van der Waals surface area contributed by atoms with Gasteiger partial charge < -0.3 is 5.73 Å². The van der Waals surface area contributed by atoms with Gasteiger partial charge >= 0.3 is 0 Å². The third-order valence-electron chi connectivity index (χ3n) is 2.89. The number of nitrogens with two attached hydrogens (primary N) is 1. The van der Waals surface area contributed by atoms with E-state index < -0.39 is 0 Å². The zero-order chi connectivity index (χ0) is 13.3. The Morgan fingerprint density at radius 1 is 1.33 bits per heavy atom. The number of nitrogen functional groups attached to an aromatic ring is 1. The summed E-state index contributed by atoms with van der Waals surface area (Å²) in [4.78, 5) is 4.62. The second-order valence-electron chi connectivity index (χ2n) is 5.15. The predicted molar refractivity (Wildman–Crippen MR) is 74.1 cm³/mol. The molecular formula is C14H20N4. The zero-order valence-corrected chi connectivity index (χ0v) is 11.4. The summed E-state index contributed by atoms with van der Waals surface area (Å²) < 4.78 is 1.84. The van der Waals surface area contributed by atoms with Crippen LogP contribution in [0, 0.1) is 12.8 Å². The maximum absolute atomic E-state index is 5.77. The molecule has 1 aromatic heterocycles. The molecule has 0 atom stereocenters. The molecule has 0 aliphatic carbocycles. The third-order valence-corrected chi connectivity index (χ3v) is 2.89. The van der Waals surface area contributed by atoms with Gasteiger partial charge in [0.05, 0.1) is 0 Å². The van der Waals surface area contributed by atoms with Crippen molar-refractivity contribution in [1.82, 2.24) is 14.8 Å². The van der Waals surface area contributed by atoms with Crippen LogP contribution in [0.4, 0.5) is 5.69 Å². The first-order chi connectivity index (χ1) is 8.47. The quantitative estimate of drug-likeness (QED) is 0.844. The van der Waals surface area contributed by atoms with Gasteiger partial charge in [-0.15, -0.1) is 0 Å². The largest absolute Gasteiger partial charge is 0.399 e. The van der Waals surface area contributed by atoms with E-state index in [0.29, 0.717) is 5.92 Å². The van der Waals surface area contributed by atoms with E-state index in [1.165, 1.54) is 0 Å². The standard InChI is InChI=1S/C14H20N4/c1-9(2)7-13-16-14(18(4)17-13)12-6-5-11(15)8-10(12)3/h5-6,8-9H,7,15H2,1-4H3. The van der Waals surface area contributed by atoms with Gasteiger partial charge in [0, 0.05) is 24.7 Å². The normalized spacial score (nSPS) is 11.2. The Labute approximate surface area is 108 Å². The van der Waals surface area contributed by atoms with Crippen molar-refractivity contribution in [3.63, 3.8) is 0 Å². The molecule has 2 aromatic rings. The molecule has 2 rings (SSSR count). The summed E-state index contributed by atoms with van der Waals surface area (Å²) in [5, 5.41) is 4.47. The van der Waals surface area contributed by atoms with Crippen molar-refractivity contribution in [3.8, 4) is 11.4 Å². The van der Waals surface area contributed by atoms with E-state index in [1.54, 1.807) is 0 Å². The molecule has 0 saturated carbocycles. The predicted octanol–water partition coefficient (Wildman–Crippen LogP) is 2.57. The number of anilines is 1. The van der Waals surface area contributed by atoms with Crippen molar-refractivity contribution in [2.45, 2.75) is 27.2 Å². The van der Waals surface area contributed by atoms with Crippen molar-refractivity contribution >= 4 is 5.69 Å². The number of nitrogens with zero attached hydrogens (tertiary/aromatic N) is 3. The Morgan fingerprint density at radius 3 is 2.67 bits per heavy atom. The molecule has 2 N–H and O–H groups in total. The number of aromatic nitrogens is 3. The van der Waals surface area contributed by atoms with Crippen molar-refractivity contribution in [2.75, 3.05) is 5.73 Å². The highest BCUT2D eigenvalue weighted by atomic mass is 15.3. The van der Waals surface area contributed by atoms with Crippen molar-refractivity contribution < 1.29 is 0 Å². The Morgan fingerprint density at radius 2 is 2.06 bits per heavy atom. The van der Waals surface area contributed by atoms with E-state index in [2.05, 4.69) is 23.9 Å². The van der Waals surface area contributed by atoms with Gasteiger partial charge in [-0.3, -0.25) is 0 Å². The Bertz CT molecular complexity index is 555. The van der Waals surface area contributed by atoms with Gasteiger partial charge in [0.1, 0.15) is 0 Å². The fraction of sp³-hybridized carbons (Fsp3) is 0.429. The van der Waals surface area contributed by atoms with Gasteiger partial charge in [0.15, 0.2) is 11.6 Å². The van der Waals surface area contributed by atoms with Gasteiger partial charge in [0.25, 0.3) is 0 Å². The van der Waals surface area contributed by atoms with Crippen molar-refractivity contribution in [2.24, 2.45) is 13.0 Å². The molecule has 0 radical (unpaired) electrons. The van der Waals surface area contributed by atoms with Crippen LogP contribution in [0.3, 0.4) is 0 Å². The molecular weight excluding hydrogens is 224 g/mol. The highest BCUT2D eigenvalue weighted by molar-refractivity contribution is 5.63. The monoisotopic (exact) mass is 244 g/mol. The maximum Gasteiger partial charge on any atom is 0.158 e. The molecule has 0 aliphatic rings. The molecule has 0 unspecified atom stereocenters. The van der Waals surface area contributed by atoms with Crippen LogP contribution in [0.1, 0.15) is 25.2 Å². The van der Waals surface area contributed by atoms with E-state index in [0.717, 1.165) is 34.9 Å². The number of aryl methyl sites for hydroxylation is 2. The Balaban J connectivity index is 2.41. The van der Waals surface area contributed by atoms with Crippen LogP contribution in [-0.4, -0.2) is 14.8 Å². The molecule has 0 amide bonds. The van der Waals surface area contributed by atoms with E-state index in [-0.39, 0.29) is 0 Å². The first-order valence-corrected chi connectivity index (χ1v) is 6.23. The average Bonchev–Trinajstić information content (AvgIpc) is 2.58. The van der Waals surface area contributed by atoms with E-state index in [1.807, 2.05) is 36.9 Å². The van der Waals surface area contributed by atoms with Crippen LogP contribution < -0.4 is 5.73 Å². The van der Waals surface area contributed by atoms with Crippen LogP contribution in [0.5, 0.6) is 0 Å². The molecule has 96 valence electrons. The second kappa shape index (κ2) is 4.80. The lowest BCUT2D eigenvalue weighted by Gasteiger charge is -2.05. The Kier molecular flexibility index (Phi) is 3.36. The summed E-state index contributed by atoms with van der Waals surface area (Å²) in [5.41, 5.74) is 8.77. The summed E-state index contributed by atoms with van der Waals surface area (Å²) in [6, 6.07) is 5.87. The van der Waals surface area contributed by atoms with E-state index in [9.17, 15) is 0 Å². The molecule has 1 aromatic carbocycles. The van der Waals surface area contributed by atoms with E-state index in [4.69, 9.17) is 5.73 Å². The molecule has 0 spiro atoms. The molecule has 4 heteroatoms. The number of hydrogen-bond donors (Lipinski definition) is 1. The number of rotatable bonds is 3. The number of hydrogen-bond acceptors (Lipinski definition) is 3. The molecule has 0 saturated heterocycles. The minimum absolute atomic E-state index is 0.563. The zero-order valence-electron chi connectivity index (χ0n) is 11.4. The van der Waals surface area contributed by atoms with Crippen LogP contribution >= 0.6 is 0 Å². The lowest BCUT2D eigenvalue weighted by Crippen LogP contribution is -1.98. The van der Waals surface area contributed by atoms with Crippen molar-refractivity contribution in [3.05, 3.63) is 29.6 Å². The van der Waals surface area contributed by atoms with Crippen molar-refractivity contribution in [1.29, 1.82) is 0 Å². The van der Waals surface area contributed by atoms with Gasteiger partial charge in [-0.05, 0) is 36.6 Å². The molecule has 0 aliphatic heterocycles. The van der Waals surface area contributed by atoms with Gasteiger partial charge in [-0.1, -0.05) is 13.8 Å². The lowest BCUT2D eigenvalue weighted by atomic mass is 10.1. The summed E-state index contributed by atoms with van der Waals surface area (Å²) >= 11 is 0. The summed E-state index contributed by atoms with van der Waals surface area (Å²) in [6.07, 6.45) is 0.905. The molecule has 1 heterocycles. The highest BCUT2D eigenvalue weighted by Crippen LogP contribution is 2.23. The highest BCUT2D eigenvalue weighted by Gasteiger charge is 2.12. The third kappa shape index (κ3) is 2.53. The minimum Gasteiger partial charge on any atom is -0.399 e. The fourth-order valence-electron chi connectivity index (χ4n) is 2.06. The lowest BCUT2D eigenvalue weighted by molar-refractivity contribution is 0.613. The second-order valence-corrected chi connectivity index (χ2v) is 5.15. The SMILES string of the molecule is Cc1cc(N)ccc1-c1nc(CC(C)C)nn1C. The topological polar surface area (TPSA) is 56.7 Å². The summed E-state index contributed by atoms with van der Waals surface area (Å²) in [5.74, 6) is 2.37. The molecule has 0 bridgehead atoms. The first kappa shape index (κ1) is 12.6. The van der Waals surface area contributed by atoms with Gasteiger partial charge in [-0.25, -0.2) is 9.67 Å². The summed E-state index contributed by atoms with van der Waals surface area (Å²) in [6.45, 7) is 6.39. The number of benzene rings is 1. The van der Waals surface area contributed by atoms with Crippen LogP contribution in [0.15, 0.2) is 18.2 Å². The maximum atomic E-state index is 5.77. The summed E-state index contributed by atoms with van der Waals surface area (Å²) in [7, 11) is 1.93. The van der Waals surface area contributed by atoms with Crippen LogP contribution in [0.2, 0.25) is 0 Å². The van der Waals surface area contributed by atoms with Crippen LogP contribution in [-0.2, 0) is 13.5 Å². The van der Waals surface area contributed by atoms with Gasteiger partial charge in [-0.2, -0.15) is 5.10 Å². The fourth-order valence-corrected chi connectivity index (χ4v) is 2.06. The van der Waals surface area contributed by atoms with Crippen LogP contribution in [0.25, 0.3) is 11.4 Å². The molecule has 0 fully saturated rings. The molecule has 18 heavy (non-hydrogen) atoms. The smallest absolute Gasteiger partial charge is 0.158 e. The first-order valence-electron chi connectivity index (χ1n) is 6.23.